The number of carbonyl (C=O) groups excluding carboxylic acids is 1. The highest BCUT2D eigenvalue weighted by molar-refractivity contribution is 6.30. The second kappa shape index (κ2) is 11.1. The van der Waals surface area contributed by atoms with Crippen molar-refractivity contribution in [3.63, 3.8) is 0 Å². The van der Waals surface area contributed by atoms with Gasteiger partial charge in [-0.2, -0.15) is 0 Å². The van der Waals surface area contributed by atoms with Gasteiger partial charge in [-0.1, -0.05) is 29.8 Å². The Balaban J connectivity index is 0.00000256. The largest absolute Gasteiger partial charge is 0.379 e. The fourth-order valence-corrected chi connectivity index (χ4v) is 4.14. The molecule has 0 N–H and O–H groups in total. The van der Waals surface area contributed by atoms with E-state index in [0.717, 1.165) is 57.1 Å². The number of ether oxygens (including phenoxy) is 1. The SMILES string of the molecule is Cl.O=C(C(c1ccc(Cl)cc1)N1CCOCC1)N1CCN(Cc2ccccn2)CC1. The summed E-state index contributed by atoms with van der Waals surface area (Å²) >= 11 is 6.07. The first kappa shape index (κ1) is 23.0. The Bertz CT molecular complexity index is 793. The monoisotopic (exact) mass is 450 g/mol. The van der Waals surface area contributed by atoms with Gasteiger partial charge >= 0.3 is 0 Å². The second-order valence-electron chi connectivity index (χ2n) is 7.52. The molecule has 0 saturated carbocycles. The first-order valence-electron chi connectivity index (χ1n) is 10.2. The first-order chi connectivity index (χ1) is 14.2. The summed E-state index contributed by atoms with van der Waals surface area (Å²) in [5.41, 5.74) is 2.07. The number of nitrogens with zero attached hydrogens (tertiary/aromatic N) is 4. The van der Waals surface area contributed by atoms with Crippen LogP contribution in [0.4, 0.5) is 0 Å². The molecule has 4 rings (SSSR count). The minimum Gasteiger partial charge on any atom is -0.379 e. The molecule has 2 aromatic rings. The number of hydrogen-bond acceptors (Lipinski definition) is 5. The molecule has 2 aliphatic rings. The number of amides is 1. The van der Waals surface area contributed by atoms with Crippen molar-refractivity contribution in [2.75, 3.05) is 52.5 Å². The molecular formula is C22H28Cl2N4O2. The molecule has 1 aromatic heterocycles. The average Bonchev–Trinajstić information content (AvgIpc) is 2.77. The Kier molecular flexibility index (Phi) is 8.48. The highest BCUT2D eigenvalue weighted by atomic mass is 35.5. The Morgan fingerprint density at radius 2 is 1.70 bits per heavy atom. The molecule has 1 atom stereocenters. The Morgan fingerprint density at radius 3 is 2.33 bits per heavy atom. The standard InChI is InChI=1S/C22H27ClN4O2.ClH/c23-19-6-4-18(5-7-19)21(26-13-15-29-16-14-26)22(28)27-11-9-25(10-12-27)17-20-3-1-2-8-24-20;/h1-8,21H,9-17H2;1H. The predicted octanol–water partition coefficient (Wildman–Crippen LogP) is 2.87. The van der Waals surface area contributed by atoms with E-state index >= 15 is 0 Å². The van der Waals surface area contributed by atoms with Gasteiger partial charge in [-0.3, -0.25) is 19.6 Å². The van der Waals surface area contributed by atoms with Crippen LogP contribution in [-0.4, -0.2) is 78.1 Å². The van der Waals surface area contributed by atoms with Crippen molar-refractivity contribution in [2.24, 2.45) is 0 Å². The minimum atomic E-state index is -0.279. The number of aromatic nitrogens is 1. The third-order valence-electron chi connectivity index (χ3n) is 5.63. The van der Waals surface area contributed by atoms with Crippen LogP contribution in [0.1, 0.15) is 17.3 Å². The Morgan fingerprint density at radius 1 is 1.00 bits per heavy atom. The molecule has 2 aliphatic heterocycles. The number of morpholine rings is 1. The molecule has 2 saturated heterocycles. The highest BCUT2D eigenvalue weighted by Crippen LogP contribution is 2.26. The van der Waals surface area contributed by atoms with Gasteiger partial charge in [0, 0.05) is 57.0 Å². The fourth-order valence-electron chi connectivity index (χ4n) is 4.01. The van der Waals surface area contributed by atoms with Gasteiger partial charge in [-0.15, -0.1) is 12.4 Å². The van der Waals surface area contributed by atoms with Gasteiger partial charge in [0.1, 0.15) is 6.04 Å². The van der Waals surface area contributed by atoms with E-state index < -0.39 is 0 Å². The number of pyridine rings is 1. The number of halogens is 2. The molecule has 1 unspecified atom stereocenters. The van der Waals surface area contributed by atoms with Crippen LogP contribution in [0.5, 0.6) is 0 Å². The normalized spacial score (nSPS) is 19.2. The van der Waals surface area contributed by atoms with E-state index in [1.165, 1.54) is 0 Å². The number of rotatable bonds is 5. The van der Waals surface area contributed by atoms with E-state index in [4.69, 9.17) is 16.3 Å². The third kappa shape index (κ3) is 5.71. The molecular weight excluding hydrogens is 423 g/mol. The van der Waals surface area contributed by atoms with Gasteiger partial charge in [-0.25, -0.2) is 0 Å². The molecule has 2 fully saturated rings. The Hall–Kier alpha value is -1.70. The molecule has 0 bridgehead atoms. The van der Waals surface area contributed by atoms with Crippen LogP contribution >= 0.6 is 24.0 Å². The fraction of sp³-hybridized carbons (Fsp3) is 0.455. The van der Waals surface area contributed by atoms with Gasteiger partial charge in [0.2, 0.25) is 5.91 Å². The van der Waals surface area contributed by atoms with Crippen LogP contribution in [0.15, 0.2) is 48.7 Å². The highest BCUT2D eigenvalue weighted by Gasteiger charge is 2.33. The lowest BCUT2D eigenvalue weighted by Crippen LogP contribution is -2.53. The average molecular weight is 451 g/mol. The lowest BCUT2D eigenvalue weighted by Gasteiger charge is -2.40. The summed E-state index contributed by atoms with van der Waals surface area (Å²) in [4.78, 5) is 24.5. The predicted molar refractivity (Wildman–Crippen MR) is 120 cm³/mol. The van der Waals surface area contributed by atoms with Crippen LogP contribution in [0, 0.1) is 0 Å². The third-order valence-corrected chi connectivity index (χ3v) is 5.88. The van der Waals surface area contributed by atoms with Crippen molar-refractivity contribution in [3.8, 4) is 0 Å². The van der Waals surface area contributed by atoms with E-state index in [9.17, 15) is 4.79 Å². The van der Waals surface area contributed by atoms with E-state index in [0.29, 0.717) is 18.2 Å². The zero-order chi connectivity index (χ0) is 20.1. The summed E-state index contributed by atoms with van der Waals surface area (Å²) in [5.74, 6) is 0.173. The van der Waals surface area contributed by atoms with Gasteiger partial charge < -0.3 is 9.64 Å². The maximum absolute atomic E-state index is 13.5. The molecule has 1 aromatic carbocycles. The second-order valence-corrected chi connectivity index (χ2v) is 7.96. The summed E-state index contributed by atoms with van der Waals surface area (Å²) in [7, 11) is 0. The number of carbonyl (C=O) groups is 1. The maximum atomic E-state index is 13.5. The van der Waals surface area contributed by atoms with Crippen LogP contribution in [0.3, 0.4) is 0 Å². The van der Waals surface area contributed by atoms with Crippen LogP contribution < -0.4 is 0 Å². The van der Waals surface area contributed by atoms with Crippen LogP contribution in [-0.2, 0) is 16.1 Å². The van der Waals surface area contributed by atoms with Gasteiger partial charge in [-0.05, 0) is 29.8 Å². The molecule has 8 heteroatoms. The zero-order valence-electron chi connectivity index (χ0n) is 17.0. The smallest absolute Gasteiger partial charge is 0.244 e. The molecule has 0 radical (unpaired) electrons. The lowest BCUT2D eigenvalue weighted by molar-refractivity contribution is -0.141. The van der Waals surface area contributed by atoms with Crippen molar-refractivity contribution in [2.45, 2.75) is 12.6 Å². The molecule has 30 heavy (non-hydrogen) atoms. The lowest BCUT2D eigenvalue weighted by atomic mass is 10.0. The van der Waals surface area contributed by atoms with Crippen molar-refractivity contribution >= 4 is 29.9 Å². The molecule has 3 heterocycles. The van der Waals surface area contributed by atoms with Crippen LogP contribution in [0.25, 0.3) is 0 Å². The van der Waals surface area contributed by atoms with E-state index in [-0.39, 0.29) is 24.4 Å². The van der Waals surface area contributed by atoms with Crippen molar-refractivity contribution in [1.82, 2.24) is 19.7 Å². The summed E-state index contributed by atoms with van der Waals surface area (Å²) in [6.07, 6.45) is 1.83. The summed E-state index contributed by atoms with van der Waals surface area (Å²) in [6, 6.07) is 13.4. The quantitative estimate of drug-likeness (QED) is 0.700. The molecule has 0 aliphatic carbocycles. The molecule has 162 valence electrons. The maximum Gasteiger partial charge on any atom is 0.244 e. The number of piperazine rings is 1. The van der Waals surface area contributed by atoms with Crippen LogP contribution in [0.2, 0.25) is 5.02 Å². The zero-order valence-corrected chi connectivity index (χ0v) is 18.5. The minimum absolute atomic E-state index is 0. The van der Waals surface area contributed by atoms with Gasteiger partial charge in [0.05, 0.1) is 18.9 Å². The first-order valence-corrected chi connectivity index (χ1v) is 10.6. The summed E-state index contributed by atoms with van der Waals surface area (Å²) in [6.45, 7) is 6.87. The van der Waals surface area contributed by atoms with E-state index in [1.807, 2.05) is 53.6 Å². The van der Waals surface area contributed by atoms with E-state index in [1.54, 1.807) is 0 Å². The number of hydrogen-bond donors (Lipinski definition) is 0. The Labute approximate surface area is 189 Å². The molecule has 6 nitrogen and oxygen atoms in total. The topological polar surface area (TPSA) is 48.9 Å². The molecule has 1 amide bonds. The van der Waals surface area contributed by atoms with E-state index in [2.05, 4.69) is 14.8 Å². The van der Waals surface area contributed by atoms with Crippen molar-refractivity contribution in [1.29, 1.82) is 0 Å². The summed E-state index contributed by atoms with van der Waals surface area (Å²) in [5, 5.41) is 0.685. The van der Waals surface area contributed by atoms with Crippen molar-refractivity contribution < 1.29 is 9.53 Å². The molecule has 0 spiro atoms. The van der Waals surface area contributed by atoms with Gasteiger partial charge in [0.25, 0.3) is 0 Å². The summed E-state index contributed by atoms with van der Waals surface area (Å²) < 4.78 is 5.50. The number of benzene rings is 1. The van der Waals surface area contributed by atoms with Gasteiger partial charge in [0.15, 0.2) is 0 Å². The van der Waals surface area contributed by atoms with Crippen molar-refractivity contribution in [3.05, 3.63) is 64.9 Å².